The van der Waals surface area contributed by atoms with Crippen LogP contribution in [0, 0.1) is 32.1 Å². The van der Waals surface area contributed by atoms with Crippen molar-refractivity contribution in [2.45, 2.75) is 37.9 Å². The minimum Gasteiger partial charge on any atom is -0.254 e. The van der Waals surface area contributed by atoms with Gasteiger partial charge in [0.2, 0.25) is 0 Å². The lowest BCUT2D eigenvalue weighted by Gasteiger charge is -2.21. The average molecular weight is 234 g/mol. The van der Waals surface area contributed by atoms with Gasteiger partial charge in [-0.15, -0.1) is 0 Å². The number of halogens is 1. The molecule has 0 amide bonds. The van der Waals surface area contributed by atoms with Gasteiger partial charge in [-0.1, -0.05) is 4.39 Å². The Morgan fingerprint density at radius 1 is 1.19 bits per heavy atom. The van der Waals surface area contributed by atoms with Gasteiger partial charge in [0.05, 0.1) is 6.10 Å². The molecule has 0 aromatic carbocycles. The van der Waals surface area contributed by atoms with E-state index < -0.39 is 22.1 Å². The van der Waals surface area contributed by atoms with Gasteiger partial charge in [0.25, 0.3) is 0 Å². The molecule has 0 aliphatic heterocycles. The third kappa shape index (κ3) is 1.62. The molecule has 2 rings (SSSR count). The third-order valence-electron chi connectivity index (χ3n) is 3.42. The molecule has 2 aliphatic carbocycles. The molecular weight excluding hydrogens is 223 g/mol. The first-order chi connectivity index (χ1) is 7.43. The van der Waals surface area contributed by atoms with Gasteiger partial charge in [-0.25, -0.2) is 4.74 Å². The van der Waals surface area contributed by atoms with Crippen LogP contribution in [-0.4, -0.2) is 22.1 Å². The minimum absolute atomic E-state index is 0.0278. The fourth-order valence-corrected chi connectivity index (χ4v) is 2.68. The van der Waals surface area contributed by atoms with Crippen LogP contribution in [0.4, 0.5) is 4.39 Å². The van der Waals surface area contributed by atoms with Crippen LogP contribution in [0.2, 0.25) is 0 Å². The maximum atomic E-state index is 13.4. The van der Waals surface area contributed by atoms with E-state index in [2.05, 4.69) is 4.74 Å². The molecule has 0 heterocycles. The van der Waals surface area contributed by atoms with Crippen molar-refractivity contribution in [1.82, 2.24) is 0 Å². The van der Waals surface area contributed by atoms with E-state index >= 15 is 0 Å². The molecule has 0 saturated heterocycles. The first kappa shape index (κ1) is 11.2. The van der Waals surface area contributed by atoms with E-state index in [1.807, 2.05) is 0 Å². The standard InChI is InChI=1S/C8H11FN2O5/c9-8(10(12)13,11(14)15)16-7-4-5-1-2-6(7)3-5/h5-7H,1-4H2/t5-,6+,7+/m1/s1. The lowest BCUT2D eigenvalue weighted by Crippen LogP contribution is -2.48. The minimum atomic E-state index is -3.99. The van der Waals surface area contributed by atoms with Crippen LogP contribution >= 0.6 is 0 Å². The Morgan fingerprint density at radius 3 is 2.19 bits per heavy atom. The normalized spacial score (nSPS) is 32.9. The Balaban J connectivity index is 2.07. The molecule has 0 spiro atoms. The number of fused-ring (bicyclic) bond motifs is 2. The van der Waals surface area contributed by atoms with Gasteiger partial charge >= 0.3 is 6.10 Å². The van der Waals surface area contributed by atoms with Crippen molar-refractivity contribution in [3.05, 3.63) is 20.2 Å². The smallest absolute Gasteiger partial charge is 0.254 e. The van der Waals surface area contributed by atoms with Crippen LogP contribution in [0.15, 0.2) is 0 Å². The van der Waals surface area contributed by atoms with E-state index in [9.17, 15) is 24.6 Å². The fourth-order valence-electron chi connectivity index (χ4n) is 2.68. The average Bonchev–Trinajstić information content (AvgIpc) is 2.78. The van der Waals surface area contributed by atoms with Crippen molar-refractivity contribution >= 4 is 0 Å². The van der Waals surface area contributed by atoms with Crippen molar-refractivity contribution in [1.29, 1.82) is 0 Å². The lowest BCUT2D eigenvalue weighted by molar-refractivity contribution is -0.888. The molecule has 90 valence electrons. The molecule has 2 fully saturated rings. The second kappa shape index (κ2) is 3.62. The summed E-state index contributed by atoms with van der Waals surface area (Å²) >= 11 is 0. The van der Waals surface area contributed by atoms with E-state index in [4.69, 9.17) is 0 Å². The second-order valence-electron chi connectivity index (χ2n) is 4.37. The first-order valence-corrected chi connectivity index (χ1v) is 5.09. The predicted molar refractivity (Wildman–Crippen MR) is 48.1 cm³/mol. The number of ether oxygens (including phenoxy) is 1. The van der Waals surface area contributed by atoms with E-state index in [1.165, 1.54) is 0 Å². The predicted octanol–water partition coefficient (Wildman–Crippen LogP) is 1.33. The van der Waals surface area contributed by atoms with Gasteiger partial charge in [-0.3, -0.25) is 20.2 Å². The highest BCUT2D eigenvalue weighted by Crippen LogP contribution is 2.47. The molecule has 8 heteroatoms. The van der Waals surface area contributed by atoms with Gasteiger partial charge in [0.1, 0.15) is 0 Å². The highest BCUT2D eigenvalue weighted by molar-refractivity contribution is 4.91. The van der Waals surface area contributed by atoms with Gasteiger partial charge in [-0.05, 0) is 37.5 Å². The van der Waals surface area contributed by atoms with Crippen LogP contribution in [-0.2, 0) is 4.74 Å². The number of hydrogen-bond acceptors (Lipinski definition) is 5. The monoisotopic (exact) mass is 234 g/mol. The molecule has 0 unspecified atom stereocenters. The molecule has 0 N–H and O–H groups in total. The maximum Gasteiger partial charge on any atom is 0.757 e. The number of alkyl halides is 1. The van der Waals surface area contributed by atoms with E-state index in [0.29, 0.717) is 12.3 Å². The Labute approximate surface area is 89.9 Å². The Morgan fingerprint density at radius 2 is 1.81 bits per heavy atom. The molecule has 16 heavy (non-hydrogen) atoms. The Kier molecular flexibility index (Phi) is 2.53. The summed E-state index contributed by atoms with van der Waals surface area (Å²) in [6.45, 7) is 0. The summed E-state index contributed by atoms with van der Waals surface area (Å²) in [5.74, 6) is 0.401. The SMILES string of the molecule is O=[N+]([O-])C(F)(O[C@H]1C[C@@H]2CC[C@H]1C2)[N+](=O)[O-]. The Bertz CT molecular complexity index is 322. The fraction of sp³-hybridized carbons (Fsp3) is 1.00. The molecular formula is C8H11FN2O5. The summed E-state index contributed by atoms with van der Waals surface area (Å²) in [5, 5.41) is 20.6. The Hall–Kier alpha value is -1.31. The number of rotatable bonds is 4. The second-order valence-corrected chi connectivity index (χ2v) is 4.37. The first-order valence-electron chi connectivity index (χ1n) is 5.09. The molecule has 3 atom stereocenters. The van der Waals surface area contributed by atoms with Gasteiger partial charge in [-0.2, -0.15) is 0 Å². The van der Waals surface area contributed by atoms with Crippen molar-refractivity contribution < 1.29 is 19.0 Å². The van der Waals surface area contributed by atoms with Crippen LogP contribution < -0.4 is 0 Å². The quantitative estimate of drug-likeness (QED) is 0.316. The molecule has 2 saturated carbocycles. The topological polar surface area (TPSA) is 95.5 Å². The lowest BCUT2D eigenvalue weighted by atomic mass is 9.98. The van der Waals surface area contributed by atoms with Crippen molar-refractivity contribution in [2.75, 3.05) is 0 Å². The van der Waals surface area contributed by atoms with Crippen LogP contribution in [0.25, 0.3) is 0 Å². The van der Waals surface area contributed by atoms with Crippen molar-refractivity contribution in [3.8, 4) is 0 Å². The summed E-state index contributed by atoms with van der Waals surface area (Å²) in [7, 11) is 0. The van der Waals surface area contributed by atoms with Crippen molar-refractivity contribution in [3.63, 3.8) is 0 Å². The van der Waals surface area contributed by atoms with Crippen LogP contribution in [0.5, 0.6) is 0 Å². The summed E-state index contributed by atoms with van der Waals surface area (Å²) in [4.78, 5) is 17.4. The summed E-state index contributed by atoms with van der Waals surface area (Å²) in [6.07, 6.45) is -1.56. The number of nitro groups is 2. The maximum absolute atomic E-state index is 13.4. The third-order valence-corrected chi connectivity index (χ3v) is 3.42. The molecule has 2 aliphatic rings. The van der Waals surface area contributed by atoms with Crippen molar-refractivity contribution in [2.24, 2.45) is 11.8 Å². The zero-order chi connectivity index (χ0) is 11.9. The highest BCUT2D eigenvalue weighted by atomic mass is 19.2. The largest absolute Gasteiger partial charge is 0.757 e. The van der Waals surface area contributed by atoms with E-state index in [-0.39, 0.29) is 5.92 Å². The van der Waals surface area contributed by atoms with Gasteiger partial charge < -0.3 is 0 Å². The zero-order valence-corrected chi connectivity index (χ0v) is 8.37. The van der Waals surface area contributed by atoms with Gasteiger partial charge in [0, 0.05) is 0 Å². The van der Waals surface area contributed by atoms with Crippen LogP contribution in [0.1, 0.15) is 25.7 Å². The van der Waals surface area contributed by atoms with Crippen LogP contribution in [0.3, 0.4) is 0 Å². The van der Waals surface area contributed by atoms with E-state index in [1.54, 1.807) is 0 Å². The van der Waals surface area contributed by atoms with E-state index in [0.717, 1.165) is 19.3 Å². The number of nitrogens with zero attached hydrogens (tertiary/aromatic N) is 2. The summed E-state index contributed by atoms with van der Waals surface area (Å²) in [5.41, 5.74) is 0. The summed E-state index contributed by atoms with van der Waals surface area (Å²) in [6, 6.07) is 0. The number of hydrogen-bond donors (Lipinski definition) is 0. The molecule has 0 aromatic rings. The molecule has 7 nitrogen and oxygen atoms in total. The zero-order valence-electron chi connectivity index (χ0n) is 8.37. The molecule has 0 radical (unpaired) electrons. The summed E-state index contributed by atoms with van der Waals surface area (Å²) < 4.78 is 17.9. The molecule has 2 bridgehead atoms. The van der Waals surface area contributed by atoms with Gasteiger partial charge in [0.15, 0.2) is 9.85 Å². The molecule has 0 aromatic heterocycles. The highest BCUT2D eigenvalue weighted by Gasteiger charge is 2.64.